The minimum atomic E-state index is 0.655. The standard InChI is InChI=1S/C16H16N2O2S/c1-3-20-11-5-7-14-15(9-11)21-16(18-14)12-6-4-10(19-2)8-13(12)17/h4-9H,3,17H2,1-2H3. The van der Waals surface area contributed by atoms with E-state index in [9.17, 15) is 0 Å². The predicted molar refractivity (Wildman–Crippen MR) is 87.2 cm³/mol. The Morgan fingerprint density at radius 3 is 2.67 bits per heavy atom. The van der Waals surface area contributed by atoms with Crippen molar-refractivity contribution in [3.8, 4) is 22.1 Å². The van der Waals surface area contributed by atoms with Crippen LogP contribution in [-0.4, -0.2) is 18.7 Å². The molecule has 3 rings (SSSR count). The van der Waals surface area contributed by atoms with Gasteiger partial charge in [-0.15, -0.1) is 11.3 Å². The predicted octanol–water partition coefficient (Wildman–Crippen LogP) is 3.95. The van der Waals surface area contributed by atoms with Crippen LogP contribution in [0.4, 0.5) is 5.69 Å². The largest absolute Gasteiger partial charge is 0.497 e. The summed E-state index contributed by atoms with van der Waals surface area (Å²) in [5, 5.41) is 0.902. The average Bonchev–Trinajstić information content (AvgIpc) is 2.90. The van der Waals surface area contributed by atoms with Gasteiger partial charge in [0.15, 0.2) is 0 Å². The minimum absolute atomic E-state index is 0.655. The topological polar surface area (TPSA) is 57.4 Å². The normalized spacial score (nSPS) is 10.8. The van der Waals surface area contributed by atoms with E-state index >= 15 is 0 Å². The first-order valence-electron chi connectivity index (χ1n) is 6.68. The molecule has 0 saturated heterocycles. The SMILES string of the molecule is CCOc1ccc2nc(-c3ccc(OC)cc3N)sc2c1. The smallest absolute Gasteiger partial charge is 0.126 e. The second kappa shape index (κ2) is 5.61. The molecule has 0 unspecified atom stereocenters. The van der Waals surface area contributed by atoms with Crippen molar-refractivity contribution in [2.75, 3.05) is 19.5 Å². The average molecular weight is 300 g/mol. The molecule has 1 heterocycles. The van der Waals surface area contributed by atoms with Crippen molar-refractivity contribution in [1.82, 2.24) is 4.98 Å². The number of hydrogen-bond acceptors (Lipinski definition) is 5. The molecule has 4 nitrogen and oxygen atoms in total. The molecule has 0 fully saturated rings. The zero-order chi connectivity index (χ0) is 14.8. The number of aromatic nitrogens is 1. The molecule has 5 heteroatoms. The lowest BCUT2D eigenvalue weighted by atomic mass is 10.2. The Kier molecular flexibility index (Phi) is 3.66. The number of fused-ring (bicyclic) bond motifs is 1. The molecule has 0 saturated carbocycles. The van der Waals surface area contributed by atoms with Gasteiger partial charge in [-0.3, -0.25) is 0 Å². The van der Waals surface area contributed by atoms with Crippen LogP contribution >= 0.6 is 11.3 Å². The summed E-state index contributed by atoms with van der Waals surface area (Å²) in [5.41, 5.74) is 8.63. The lowest BCUT2D eigenvalue weighted by Crippen LogP contribution is -1.91. The third kappa shape index (κ3) is 2.64. The van der Waals surface area contributed by atoms with E-state index in [0.29, 0.717) is 12.3 Å². The second-order valence-corrected chi connectivity index (χ2v) is 5.57. The molecule has 1 aromatic heterocycles. The summed E-state index contributed by atoms with van der Waals surface area (Å²) in [6, 6.07) is 11.6. The maximum absolute atomic E-state index is 6.09. The van der Waals surface area contributed by atoms with Gasteiger partial charge in [-0.2, -0.15) is 0 Å². The van der Waals surface area contributed by atoms with Crippen molar-refractivity contribution in [3.05, 3.63) is 36.4 Å². The van der Waals surface area contributed by atoms with Gasteiger partial charge in [0.1, 0.15) is 16.5 Å². The summed E-state index contributed by atoms with van der Waals surface area (Å²) in [4.78, 5) is 4.64. The van der Waals surface area contributed by atoms with Crippen LogP contribution in [0.2, 0.25) is 0 Å². The van der Waals surface area contributed by atoms with Crippen LogP contribution in [0, 0.1) is 0 Å². The van der Waals surface area contributed by atoms with Crippen LogP contribution < -0.4 is 15.2 Å². The van der Waals surface area contributed by atoms with Gasteiger partial charge >= 0.3 is 0 Å². The number of nitrogens with two attached hydrogens (primary N) is 1. The molecule has 0 aliphatic rings. The molecule has 0 aliphatic carbocycles. The molecule has 0 amide bonds. The molecular weight excluding hydrogens is 284 g/mol. The monoisotopic (exact) mass is 300 g/mol. The summed E-state index contributed by atoms with van der Waals surface area (Å²) in [6.45, 7) is 2.63. The van der Waals surface area contributed by atoms with Crippen LogP contribution in [0.3, 0.4) is 0 Å². The zero-order valence-corrected chi connectivity index (χ0v) is 12.7. The van der Waals surface area contributed by atoms with E-state index < -0.39 is 0 Å². The molecule has 0 spiro atoms. The first-order chi connectivity index (χ1) is 10.2. The van der Waals surface area contributed by atoms with Crippen LogP contribution in [-0.2, 0) is 0 Å². The van der Waals surface area contributed by atoms with Crippen molar-refractivity contribution in [2.24, 2.45) is 0 Å². The van der Waals surface area contributed by atoms with E-state index in [1.54, 1.807) is 18.4 Å². The molecule has 0 radical (unpaired) electrons. The highest BCUT2D eigenvalue weighted by molar-refractivity contribution is 7.21. The van der Waals surface area contributed by atoms with Gasteiger partial charge in [-0.05, 0) is 37.3 Å². The van der Waals surface area contributed by atoms with E-state index in [-0.39, 0.29) is 0 Å². The van der Waals surface area contributed by atoms with Gasteiger partial charge in [0.05, 0.1) is 23.9 Å². The van der Waals surface area contributed by atoms with Crippen molar-refractivity contribution in [1.29, 1.82) is 0 Å². The van der Waals surface area contributed by atoms with Crippen molar-refractivity contribution in [3.63, 3.8) is 0 Å². The maximum Gasteiger partial charge on any atom is 0.126 e. The number of methoxy groups -OCH3 is 1. The van der Waals surface area contributed by atoms with Gasteiger partial charge in [-0.25, -0.2) is 4.98 Å². The van der Waals surface area contributed by atoms with E-state index in [4.69, 9.17) is 15.2 Å². The minimum Gasteiger partial charge on any atom is -0.497 e. The molecule has 108 valence electrons. The Labute approximate surface area is 127 Å². The van der Waals surface area contributed by atoms with Gasteiger partial charge in [0.25, 0.3) is 0 Å². The molecular formula is C16H16N2O2S. The summed E-state index contributed by atoms with van der Waals surface area (Å²) in [5.74, 6) is 1.61. The summed E-state index contributed by atoms with van der Waals surface area (Å²) in [7, 11) is 1.63. The van der Waals surface area contributed by atoms with Crippen LogP contribution in [0.15, 0.2) is 36.4 Å². The molecule has 0 atom stereocenters. The highest BCUT2D eigenvalue weighted by Gasteiger charge is 2.10. The molecule has 2 N–H and O–H groups in total. The van der Waals surface area contributed by atoms with Crippen molar-refractivity contribution in [2.45, 2.75) is 6.92 Å². The Morgan fingerprint density at radius 1 is 1.14 bits per heavy atom. The fraction of sp³-hybridized carbons (Fsp3) is 0.188. The number of nitrogens with zero attached hydrogens (tertiary/aromatic N) is 1. The molecule has 0 aliphatic heterocycles. The molecule has 0 bridgehead atoms. The lowest BCUT2D eigenvalue weighted by Gasteiger charge is -2.04. The second-order valence-electron chi connectivity index (χ2n) is 4.53. The summed E-state index contributed by atoms with van der Waals surface area (Å²) >= 11 is 1.61. The fourth-order valence-corrected chi connectivity index (χ4v) is 3.18. The maximum atomic E-state index is 6.09. The molecule has 21 heavy (non-hydrogen) atoms. The van der Waals surface area contributed by atoms with Crippen molar-refractivity contribution >= 4 is 27.2 Å². The Balaban J connectivity index is 2.04. The van der Waals surface area contributed by atoms with E-state index in [0.717, 1.165) is 32.3 Å². The highest BCUT2D eigenvalue weighted by Crippen LogP contribution is 2.36. The number of anilines is 1. The third-order valence-corrected chi connectivity index (χ3v) is 4.21. The summed E-state index contributed by atoms with van der Waals surface area (Å²) < 4.78 is 11.8. The third-order valence-electron chi connectivity index (χ3n) is 3.16. The van der Waals surface area contributed by atoms with Crippen LogP contribution in [0.5, 0.6) is 11.5 Å². The number of ether oxygens (including phenoxy) is 2. The van der Waals surface area contributed by atoms with Gasteiger partial charge in [0.2, 0.25) is 0 Å². The zero-order valence-electron chi connectivity index (χ0n) is 11.9. The van der Waals surface area contributed by atoms with Gasteiger partial charge < -0.3 is 15.2 Å². The highest BCUT2D eigenvalue weighted by atomic mass is 32.1. The van der Waals surface area contributed by atoms with Crippen molar-refractivity contribution < 1.29 is 9.47 Å². The molecule has 3 aromatic rings. The Hall–Kier alpha value is -2.27. The Morgan fingerprint density at radius 2 is 1.95 bits per heavy atom. The van der Waals surface area contributed by atoms with E-state index in [2.05, 4.69) is 4.98 Å². The lowest BCUT2D eigenvalue weighted by molar-refractivity contribution is 0.341. The van der Waals surface area contributed by atoms with Gasteiger partial charge in [-0.1, -0.05) is 0 Å². The number of hydrogen-bond donors (Lipinski definition) is 1. The summed E-state index contributed by atoms with van der Waals surface area (Å²) in [6.07, 6.45) is 0. The Bertz CT molecular complexity index is 783. The first kappa shape index (κ1) is 13.7. The number of thiazole rings is 1. The van der Waals surface area contributed by atoms with Gasteiger partial charge in [0, 0.05) is 17.3 Å². The number of benzene rings is 2. The molecule has 2 aromatic carbocycles. The van der Waals surface area contributed by atoms with Crippen LogP contribution in [0.25, 0.3) is 20.8 Å². The first-order valence-corrected chi connectivity index (χ1v) is 7.50. The quantitative estimate of drug-likeness (QED) is 0.741. The van der Waals surface area contributed by atoms with E-state index in [1.165, 1.54) is 0 Å². The van der Waals surface area contributed by atoms with Crippen LogP contribution in [0.1, 0.15) is 6.92 Å². The number of rotatable bonds is 4. The van der Waals surface area contributed by atoms with E-state index in [1.807, 2.05) is 43.3 Å². The number of nitrogen functional groups attached to an aromatic ring is 1. The fourth-order valence-electron chi connectivity index (χ4n) is 2.14.